The maximum Gasteiger partial charge on any atom is 0.490 e. The molecule has 1 aromatic carbocycles. The van der Waals surface area contributed by atoms with Crippen molar-refractivity contribution in [2.45, 2.75) is 69.4 Å². The highest BCUT2D eigenvalue weighted by Crippen LogP contribution is 2.56. The first-order chi connectivity index (χ1) is 18.9. The van der Waals surface area contributed by atoms with Gasteiger partial charge in [-0.3, -0.25) is 19.7 Å². The molecule has 12 nitrogen and oxygen atoms in total. The monoisotopic (exact) mass is 563 g/mol. The summed E-state index contributed by atoms with van der Waals surface area (Å²) in [5.74, 6) is -1.39. The van der Waals surface area contributed by atoms with Crippen LogP contribution in [0.25, 0.3) is 0 Å². The number of halogens is 3. The number of rotatable bonds is 5. The minimum absolute atomic E-state index is 0.145. The fourth-order valence-electron chi connectivity index (χ4n) is 6.34. The molecule has 2 unspecified atom stereocenters. The highest BCUT2D eigenvalue weighted by atomic mass is 19.4. The molecule has 2 aliphatic heterocycles. The van der Waals surface area contributed by atoms with Gasteiger partial charge in [0.1, 0.15) is 6.04 Å². The summed E-state index contributed by atoms with van der Waals surface area (Å²) in [6.45, 7) is 1.04. The number of nitrogens with zero attached hydrogens (tertiary/aromatic N) is 5. The molecule has 0 bridgehead atoms. The molecule has 2 saturated carbocycles. The third-order valence-corrected chi connectivity index (χ3v) is 8.42. The van der Waals surface area contributed by atoms with E-state index in [9.17, 15) is 27.6 Å². The summed E-state index contributed by atoms with van der Waals surface area (Å²) in [7, 11) is 1.90. The summed E-state index contributed by atoms with van der Waals surface area (Å²) in [6.07, 6.45) is 0.205. The number of carboxylic acid groups (broad SMARTS) is 1. The van der Waals surface area contributed by atoms with Crippen molar-refractivity contribution >= 4 is 23.7 Å². The Kier molecular flexibility index (Phi) is 7.10. The number of amides is 3. The topological polar surface area (TPSA) is 159 Å². The third kappa shape index (κ3) is 4.93. The zero-order valence-corrected chi connectivity index (χ0v) is 21.6. The molecule has 3 fully saturated rings. The average Bonchev–Trinajstić information content (AvgIpc) is 3.51. The van der Waals surface area contributed by atoms with Gasteiger partial charge in [-0.15, -0.1) is 5.10 Å². The number of alkyl halides is 3. The highest BCUT2D eigenvalue weighted by Gasteiger charge is 2.55. The van der Waals surface area contributed by atoms with Crippen LogP contribution >= 0.6 is 0 Å². The van der Waals surface area contributed by atoms with Crippen LogP contribution in [-0.4, -0.2) is 66.1 Å². The molecule has 6 rings (SSSR count). The van der Waals surface area contributed by atoms with Crippen molar-refractivity contribution in [2.75, 3.05) is 0 Å². The van der Waals surface area contributed by atoms with E-state index in [1.165, 1.54) is 19.3 Å². The second-order valence-corrected chi connectivity index (χ2v) is 10.6. The highest BCUT2D eigenvalue weighted by molar-refractivity contribution is 6.05. The number of carbonyl (C=O) groups is 4. The van der Waals surface area contributed by atoms with E-state index >= 15 is 0 Å². The van der Waals surface area contributed by atoms with E-state index in [1.54, 1.807) is 9.58 Å². The summed E-state index contributed by atoms with van der Waals surface area (Å²) in [5, 5.41) is 25.6. The molecule has 214 valence electrons. The molecule has 4 aliphatic rings. The normalized spacial score (nSPS) is 27.4. The predicted molar refractivity (Wildman–Crippen MR) is 129 cm³/mol. The summed E-state index contributed by atoms with van der Waals surface area (Å²) in [4.78, 5) is 47.2. The van der Waals surface area contributed by atoms with Crippen molar-refractivity contribution < 1.29 is 37.5 Å². The SMILES string of the molecule is Cn1nnnc1C1(NCc2ccc3c(c2)CN(C2CCC(=O)NC2=O)C3=O)CC[C@@H]2CC[C@@H]21.O=C(O)C(F)(F)F. The summed E-state index contributed by atoms with van der Waals surface area (Å²) in [5.41, 5.74) is 2.42. The second-order valence-electron chi connectivity index (χ2n) is 10.6. The maximum atomic E-state index is 13.0. The molecule has 1 aromatic heterocycles. The van der Waals surface area contributed by atoms with Crippen molar-refractivity contribution in [2.24, 2.45) is 18.9 Å². The molecule has 4 atom stereocenters. The molecule has 1 saturated heterocycles. The van der Waals surface area contributed by atoms with Crippen LogP contribution in [0.3, 0.4) is 0 Å². The molecule has 2 aliphatic carbocycles. The Balaban J connectivity index is 0.000000411. The Bertz CT molecular complexity index is 1360. The number of nitrogens with one attached hydrogen (secondary N) is 2. The van der Waals surface area contributed by atoms with Crippen molar-refractivity contribution in [1.82, 2.24) is 35.7 Å². The quantitative estimate of drug-likeness (QED) is 0.457. The van der Waals surface area contributed by atoms with Gasteiger partial charge in [-0.2, -0.15) is 13.2 Å². The Morgan fingerprint density at radius 3 is 2.52 bits per heavy atom. The van der Waals surface area contributed by atoms with E-state index in [0.29, 0.717) is 31.0 Å². The molecule has 0 radical (unpaired) electrons. The van der Waals surface area contributed by atoms with E-state index in [-0.39, 0.29) is 29.7 Å². The van der Waals surface area contributed by atoms with Crippen LogP contribution in [0.5, 0.6) is 0 Å². The fraction of sp³-hybridized carbons (Fsp3) is 0.560. The number of hydrogen-bond acceptors (Lipinski definition) is 8. The molecule has 15 heteroatoms. The largest absolute Gasteiger partial charge is 0.490 e. The number of fused-ring (bicyclic) bond motifs is 2. The smallest absolute Gasteiger partial charge is 0.475 e. The molecule has 40 heavy (non-hydrogen) atoms. The Labute approximate surface area is 226 Å². The number of piperidine rings is 1. The number of carbonyl (C=O) groups excluding carboxylic acids is 3. The number of hydrogen-bond donors (Lipinski definition) is 3. The lowest BCUT2D eigenvalue weighted by Gasteiger charge is -2.42. The van der Waals surface area contributed by atoms with E-state index in [0.717, 1.165) is 29.3 Å². The van der Waals surface area contributed by atoms with Crippen LogP contribution < -0.4 is 10.6 Å². The molecular weight excluding hydrogens is 535 g/mol. The van der Waals surface area contributed by atoms with Crippen LogP contribution in [0.1, 0.15) is 65.8 Å². The number of carboxylic acids is 1. The van der Waals surface area contributed by atoms with Gasteiger partial charge in [0, 0.05) is 32.1 Å². The fourth-order valence-corrected chi connectivity index (χ4v) is 6.34. The van der Waals surface area contributed by atoms with Gasteiger partial charge in [-0.05, 0) is 71.6 Å². The first-order valence-electron chi connectivity index (χ1n) is 12.9. The van der Waals surface area contributed by atoms with Crippen LogP contribution in [0.4, 0.5) is 13.2 Å². The minimum atomic E-state index is -5.08. The van der Waals surface area contributed by atoms with Crippen molar-refractivity contribution in [1.29, 1.82) is 0 Å². The molecule has 0 spiro atoms. The van der Waals surface area contributed by atoms with E-state index in [1.807, 2.05) is 19.2 Å². The lowest BCUT2D eigenvalue weighted by Crippen LogP contribution is -2.52. The standard InChI is InChI=1S/C23H27N7O3.C2HF3O2/c1-29-22(26-27-28-29)23(9-8-14-3-5-17(14)23)24-11-13-2-4-16-15(10-13)12-30(21(16)33)18-6-7-19(31)25-20(18)32;3-2(4,5)1(6)7/h2,4,10,14,17-18,24H,3,5-9,11-12H2,1H3,(H,25,31,32);(H,6,7)/t14-,17-,18?,23?;/m0./s1. The average molecular weight is 564 g/mol. The molecule has 3 N–H and O–H groups in total. The lowest BCUT2D eigenvalue weighted by molar-refractivity contribution is -0.192. The van der Waals surface area contributed by atoms with E-state index in [4.69, 9.17) is 9.90 Å². The van der Waals surface area contributed by atoms with Crippen LogP contribution in [0, 0.1) is 11.8 Å². The number of aromatic nitrogens is 4. The van der Waals surface area contributed by atoms with Gasteiger partial charge < -0.3 is 15.3 Å². The van der Waals surface area contributed by atoms with Gasteiger partial charge >= 0.3 is 12.1 Å². The van der Waals surface area contributed by atoms with Crippen LogP contribution in [0.2, 0.25) is 0 Å². The number of aryl methyl sites for hydroxylation is 1. The van der Waals surface area contributed by atoms with Gasteiger partial charge in [0.15, 0.2) is 5.82 Å². The number of benzene rings is 1. The first kappa shape index (κ1) is 27.7. The lowest BCUT2D eigenvalue weighted by atomic mass is 9.69. The zero-order valence-electron chi connectivity index (χ0n) is 21.6. The van der Waals surface area contributed by atoms with E-state index in [2.05, 4.69) is 32.2 Å². The van der Waals surface area contributed by atoms with Gasteiger partial charge in [-0.25, -0.2) is 9.48 Å². The maximum absolute atomic E-state index is 13.0. The number of aliphatic carboxylic acids is 1. The summed E-state index contributed by atoms with van der Waals surface area (Å²) < 4.78 is 33.5. The van der Waals surface area contributed by atoms with Gasteiger partial charge in [0.05, 0.1) is 5.54 Å². The number of imide groups is 1. The van der Waals surface area contributed by atoms with Gasteiger partial charge in [-0.1, -0.05) is 12.1 Å². The zero-order chi connectivity index (χ0) is 28.8. The van der Waals surface area contributed by atoms with Crippen LogP contribution in [-0.2, 0) is 40.1 Å². The van der Waals surface area contributed by atoms with Crippen LogP contribution in [0.15, 0.2) is 18.2 Å². The Hall–Kier alpha value is -3.88. The van der Waals surface area contributed by atoms with Crippen molar-refractivity contribution in [3.05, 3.63) is 40.7 Å². The van der Waals surface area contributed by atoms with Crippen molar-refractivity contribution in [3.63, 3.8) is 0 Å². The second kappa shape index (κ2) is 10.3. The predicted octanol–water partition coefficient (Wildman–Crippen LogP) is 1.41. The minimum Gasteiger partial charge on any atom is -0.475 e. The van der Waals surface area contributed by atoms with Crippen molar-refractivity contribution in [3.8, 4) is 0 Å². The molecule has 3 heterocycles. The summed E-state index contributed by atoms with van der Waals surface area (Å²) >= 11 is 0. The first-order valence-corrected chi connectivity index (χ1v) is 12.9. The molecule has 2 aromatic rings. The third-order valence-electron chi connectivity index (χ3n) is 8.42. The summed E-state index contributed by atoms with van der Waals surface area (Å²) in [6, 6.07) is 5.30. The Morgan fingerprint density at radius 2 is 1.95 bits per heavy atom. The molecular formula is C25H28F3N7O5. The van der Waals surface area contributed by atoms with Gasteiger partial charge in [0.25, 0.3) is 5.91 Å². The van der Waals surface area contributed by atoms with E-state index < -0.39 is 18.2 Å². The van der Waals surface area contributed by atoms with Gasteiger partial charge in [0.2, 0.25) is 11.8 Å². The molecule has 3 amide bonds. The Morgan fingerprint density at radius 1 is 1.20 bits per heavy atom. The number of tetrazole rings is 1.